The maximum absolute atomic E-state index is 12.3. The highest BCUT2D eigenvalue weighted by Crippen LogP contribution is 2.24. The van der Waals surface area contributed by atoms with E-state index in [-0.39, 0.29) is 4.90 Å². The summed E-state index contributed by atoms with van der Waals surface area (Å²) in [4.78, 5) is 0.276. The summed E-state index contributed by atoms with van der Waals surface area (Å²) in [6, 6.07) is 14.2. The standard InChI is InChI=1S/C16H18BrNO2S/c1-2-3-6-13-9-11-14(12-10-13)21(19,20)18-16-8-5-4-7-15(16)17/h4-5,7-12,18H,2-3,6H2,1H3. The van der Waals surface area contributed by atoms with Crippen molar-refractivity contribution in [1.29, 1.82) is 0 Å². The van der Waals surface area contributed by atoms with Crippen molar-refractivity contribution in [3.63, 3.8) is 0 Å². The van der Waals surface area contributed by atoms with Crippen LogP contribution in [0.15, 0.2) is 57.9 Å². The molecule has 0 aliphatic rings. The van der Waals surface area contributed by atoms with Gasteiger partial charge < -0.3 is 0 Å². The van der Waals surface area contributed by atoms with Crippen molar-refractivity contribution < 1.29 is 8.42 Å². The number of hydrogen-bond donors (Lipinski definition) is 1. The first-order valence-electron chi connectivity index (χ1n) is 6.89. The molecule has 1 N–H and O–H groups in total. The van der Waals surface area contributed by atoms with Crippen LogP contribution in [0.1, 0.15) is 25.3 Å². The number of halogens is 1. The highest BCUT2D eigenvalue weighted by atomic mass is 79.9. The van der Waals surface area contributed by atoms with E-state index in [1.807, 2.05) is 18.2 Å². The number of nitrogens with one attached hydrogen (secondary N) is 1. The Morgan fingerprint density at radius 1 is 1.05 bits per heavy atom. The molecule has 2 aromatic rings. The molecule has 0 fully saturated rings. The average molecular weight is 368 g/mol. The molecule has 0 heterocycles. The molecule has 0 amide bonds. The number of hydrogen-bond acceptors (Lipinski definition) is 2. The molecule has 0 aliphatic carbocycles. The quantitative estimate of drug-likeness (QED) is 0.811. The predicted octanol–water partition coefficient (Wildman–Crippen LogP) is 4.59. The highest BCUT2D eigenvalue weighted by molar-refractivity contribution is 9.10. The fourth-order valence-electron chi connectivity index (χ4n) is 1.96. The topological polar surface area (TPSA) is 46.2 Å². The Kier molecular flexibility index (Phi) is 5.42. The van der Waals surface area contributed by atoms with Gasteiger partial charge in [0.1, 0.15) is 0 Å². The molecule has 0 bridgehead atoms. The molecule has 2 rings (SSSR count). The van der Waals surface area contributed by atoms with Crippen molar-refractivity contribution >= 4 is 31.6 Å². The summed E-state index contributed by atoms with van der Waals surface area (Å²) in [6.45, 7) is 2.14. The minimum absolute atomic E-state index is 0.276. The average Bonchev–Trinajstić information content (AvgIpc) is 2.48. The molecule has 3 nitrogen and oxygen atoms in total. The number of rotatable bonds is 6. The van der Waals surface area contributed by atoms with Gasteiger partial charge in [-0.05, 0) is 58.6 Å². The van der Waals surface area contributed by atoms with Crippen LogP contribution in [-0.2, 0) is 16.4 Å². The van der Waals surface area contributed by atoms with Crippen LogP contribution < -0.4 is 4.72 Å². The highest BCUT2D eigenvalue weighted by Gasteiger charge is 2.15. The Bertz CT molecular complexity index is 696. The summed E-state index contributed by atoms with van der Waals surface area (Å²) >= 11 is 3.33. The molecule has 0 spiro atoms. The molecule has 0 radical (unpaired) electrons. The second-order valence-corrected chi connectivity index (χ2v) is 7.37. The van der Waals surface area contributed by atoms with Crippen molar-refractivity contribution in [3.8, 4) is 0 Å². The Morgan fingerprint density at radius 3 is 2.33 bits per heavy atom. The first-order chi connectivity index (χ1) is 10.0. The first kappa shape index (κ1) is 16.0. The molecule has 0 saturated heterocycles. The lowest BCUT2D eigenvalue weighted by molar-refractivity contribution is 0.601. The van der Waals surface area contributed by atoms with Gasteiger partial charge in [0.2, 0.25) is 0 Å². The lowest BCUT2D eigenvalue weighted by Gasteiger charge is -2.10. The van der Waals surface area contributed by atoms with E-state index < -0.39 is 10.0 Å². The lowest BCUT2D eigenvalue weighted by atomic mass is 10.1. The molecule has 0 saturated carbocycles. The molecular weight excluding hydrogens is 350 g/mol. The lowest BCUT2D eigenvalue weighted by Crippen LogP contribution is -2.13. The normalized spacial score (nSPS) is 11.3. The zero-order valence-corrected chi connectivity index (χ0v) is 14.2. The van der Waals surface area contributed by atoms with Crippen LogP contribution in [0, 0.1) is 0 Å². The van der Waals surface area contributed by atoms with Crippen molar-refractivity contribution in [2.75, 3.05) is 4.72 Å². The molecule has 5 heteroatoms. The van der Waals surface area contributed by atoms with Crippen molar-refractivity contribution in [1.82, 2.24) is 0 Å². The number of aryl methyl sites for hydroxylation is 1. The maximum atomic E-state index is 12.3. The van der Waals surface area contributed by atoms with Gasteiger partial charge >= 0.3 is 0 Å². The molecule has 0 atom stereocenters. The Balaban J connectivity index is 2.18. The Hall–Kier alpha value is -1.33. The van der Waals surface area contributed by atoms with E-state index in [2.05, 4.69) is 27.6 Å². The Labute approximate surface area is 134 Å². The first-order valence-corrected chi connectivity index (χ1v) is 9.17. The molecule has 112 valence electrons. The van der Waals surface area contributed by atoms with Gasteiger partial charge in [0.25, 0.3) is 10.0 Å². The summed E-state index contributed by atoms with van der Waals surface area (Å²) in [7, 11) is -3.55. The van der Waals surface area contributed by atoms with Gasteiger partial charge in [0.05, 0.1) is 10.6 Å². The summed E-state index contributed by atoms with van der Waals surface area (Å²) < 4.78 is 28.0. The van der Waals surface area contributed by atoms with Crippen molar-refractivity contribution in [2.24, 2.45) is 0 Å². The van der Waals surface area contributed by atoms with Crippen LogP contribution in [0.3, 0.4) is 0 Å². The fraction of sp³-hybridized carbons (Fsp3) is 0.250. The number of sulfonamides is 1. The number of unbranched alkanes of at least 4 members (excludes halogenated alkanes) is 1. The third kappa shape index (κ3) is 4.32. The molecule has 2 aromatic carbocycles. The molecule has 0 aromatic heterocycles. The zero-order valence-electron chi connectivity index (χ0n) is 11.8. The summed E-state index contributed by atoms with van der Waals surface area (Å²) in [5, 5.41) is 0. The van der Waals surface area contributed by atoms with E-state index in [1.165, 1.54) is 0 Å². The van der Waals surface area contributed by atoms with Gasteiger partial charge in [0, 0.05) is 4.47 Å². The smallest absolute Gasteiger partial charge is 0.261 e. The largest absolute Gasteiger partial charge is 0.278 e. The van der Waals surface area contributed by atoms with E-state index in [4.69, 9.17) is 0 Å². The van der Waals surface area contributed by atoms with Crippen LogP contribution in [0.4, 0.5) is 5.69 Å². The van der Waals surface area contributed by atoms with E-state index in [0.717, 1.165) is 24.8 Å². The van der Waals surface area contributed by atoms with E-state index in [0.29, 0.717) is 10.2 Å². The van der Waals surface area contributed by atoms with Crippen LogP contribution in [0.5, 0.6) is 0 Å². The fourth-order valence-corrected chi connectivity index (χ4v) is 3.56. The molecule has 0 aliphatic heterocycles. The monoisotopic (exact) mass is 367 g/mol. The van der Waals surface area contributed by atoms with Crippen LogP contribution in [-0.4, -0.2) is 8.42 Å². The summed E-state index contributed by atoms with van der Waals surface area (Å²) in [5.74, 6) is 0. The van der Waals surface area contributed by atoms with E-state index in [9.17, 15) is 8.42 Å². The summed E-state index contributed by atoms with van der Waals surface area (Å²) in [5.41, 5.74) is 1.70. The Morgan fingerprint density at radius 2 is 1.71 bits per heavy atom. The molecular formula is C16H18BrNO2S. The van der Waals surface area contributed by atoms with Crippen LogP contribution in [0.25, 0.3) is 0 Å². The van der Waals surface area contributed by atoms with Crippen LogP contribution >= 0.6 is 15.9 Å². The van der Waals surface area contributed by atoms with Gasteiger partial charge in [-0.1, -0.05) is 37.6 Å². The second kappa shape index (κ2) is 7.09. The zero-order chi connectivity index (χ0) is 15.3. The maximum Gasteiger partial charge on any atom is 0.261 e. The van der Waals surface area contributed by atoms with Gasteiger partial charge in [-0.2, -0.15) is 0 Å². The van der Waals surface area contributed by atoms with Crippen LogP contribution in [0.2, 0.25) is 0 Å². The molecule has 0 unspecified atom stereocenters. The van der Waals surface area contributed by atoms with Gasteiger partial charge in [-0.15, -0.1) is 0 Å². The van der Waals surface area contributed by atoms with Gasteiger partial charge in [0.15, 0.2) is 0 Å². The number of para-hydroxylation sites is 1. The van der Waals surface area contributed by atoms with Crippen molar-refractivity contribution in [2.45, 2.75) is 31.1 Å². The number of anilines is 1. The minimum atomic E-state index is -3.55. The van der Waals surface area contributed by atoms with E-state index in [1.54, 1.807) is 30.3 Å². The SMILES string of the molecule is CCCCc1ccc(S(=O)(=O)Nc2ccccc2Br)cc1. The van der Waals surface area contributed by atoms with E-state index >= 15 is 0 Å². The number of benzene rings is 2. The van der Waals surface area contributed by atoms with Gasteiger partial charge in [-0.3, -0.25) is 4.72 Å². The third-order valence-electron chi connectivity index (χ3n) is 3.17. The van der Waals surface area contributed by atoms with Gasteiger partial charge in [-0.25, -0.2) is 8.42 Å². The minimum Gasteiger partial charge on any atom is -0.278 e. The third-order valence-corrected chi connectivity index (χ3v) is 5.24. The summed E-state index contributed by atoms with van der Waals surface area (Å²) in [6.07, 6.45) is 3.22. The predicted molar refractivity (Wildman–Crippen MR) is 90.0 cm³/mol. The van der Waals surface area contributed by atoms with Crippen molar-refractivity contribution in [3.05, 3.63) is 58.6 Å². The second-order valence-electron chi connectivity index (χ2n) is 4.83. The molecule has 21 heavy (non-hydrogen) atoms.